The minimum atomic E-state index is -3.88. The number of hydrogen-bond acceptors (Lipinski definition) is 5. The first-order chi connectivity index (χ1) is 7.89. The highest BCUT2D eigenvalue weighted by Gasteiger charge is 2.20. The van der Waals surface area contributed by atoms with E-state index < -0.39 is 9.05 Å². The van der Waals surface area contributed by atoms with Crippen LogP contribution in [-0.2, 0) is 16.1 Å². The van der Waals surface area contributed by atoms with Crippen LogP contribution in [0.2, 0.25) is 0 Å². The van der Waals surface area contributed by atoms with Crippen LogP contribution >= 0.6 is 10.7 Å². The third-order valence-electron chi connectivity index (χ3n) is 2.21. The molecule has 2 rings (SSSR count). The molecule has 2 aromatic heterocycles. The SMILES string of the molecule is Cc1cc(-c2nnc(S(=O)(=O)Cl)n2C)ccn1. The summed E-state index contributed by atoms with van der Waals surface area (Å²) in [7, 11) is 2.89. The van der Waals surface area contributed by atoms with Crippen LogP contribution in [0.3, 0.4) is 0 Å². The van der Waals surface area contributed by atoms with E-state index in [1.807, 2.05) is 6.92 Å². The number of aryl methyl sites for hydroxylation is 1. The summed E-state index contributed by atoms with van der Waals surface area (Å²) < 4.78 is 23.7. The smallest absolute Gasteiger partial charge is 0.296 e. The van der Waals surface area contributed by atoms with Crippen LogP contribution in [0.4, 0.5) is 0 Å². The zero-order chi connectivity index (χ0) is 12.6. The Morgan fingerprint density at radius 2 is 2.06 bits per heavy atom. The molecule has 0 aliphatic heterocycles. The zero-order valence-corrected chi connectivity index (χ0v) is 10.7. The van der Waals surface area contributed by atoms with Gasteiger partial charge in [0.1, 0.15) is 0 Å². The molecule has 0 aliphatic rings. The van der Waals surface area contributed by atoms with E-state index in [0.29, 0.717) is 5.82 Å². The quantitative estimate of drug-likeness (QED) is 0.766. The minimum absolute atomic E-state index is 0.274. The number of aromatic nitrogens is 4. The van der Waals surface area contributed by atoms with Gasteiger partial charge < -0.3 is 0 Å². The number of halogens is 1. The normalized spacial score (nSPS) is 11.7. The maximum absolute atomic E-state index is 11.2. The second kappa shape index (κ2) is 4.08. The van der Waals surface area contributed by atoms with Gasteiger partial charge in [0.05, 0.1) is 0 Å². The molecule has 0 saturated carbocycles. The van der Waals surface area contributed by atoms with Gasteiger partial charge in [-0.2, -0.15) is 0 Å². The van der Waals surface area contributed by atoms with Crippen molar-refractivity contribution in [2.24, 2.45) is 7.05 Å². The lowest BCUT2D eigenvalue weighted by Crippen LogP contribution is -2.02. The third-order valence-corrected chi connectivity index (χ3v) is 3.41. The lowest BCUT2D eigenvalue weighted by molar-refractivity contribution is 0.593. The van der Waals surface area contributed by atoms with Gasteiger partial charge in [0.2, 0.25) is 0 Å². The van der Waals surface area contributed by atoms with E-state index in [1.165, 1.54) is 4.57 Å². The molecule has 6 nitrogen and oxygen atoms in total. The molecule has 0 bridgehead atoms. The highest BCUT2D eigenvalue weighted by molar-refractivity contribution is 8.13. The van der Waals surface area contributed by atoms with Crippen LogP contribution in [0.25, 0.3) is 11.4 Å². The highest BCUT2D eigenvalue weighted by atomic mass is 35.7. The van der Waals surface area contributed by atoms with E-state index in [9.17, 15) is 8.42 Å². The molecule has 0 spiro atoms. The van der Waals surface area contributed by atoms with Gasteiger partial charge in [-0.25, -0.2) is 8.42 Å². The zero-order valence-electron chi connectivity index (χ0n) is 9.12. The van der Waals surface area contributed by atoms with Gasteiger partial charge in [-0.15, -0.1) is 10.2 Å². The fourth-order valence-corrected chi connectivity index (χ4v) is 2.42. The van der Waals surface area contributed by atoms with Crippen LogP contribution in [0.15, 0.2) is 23.5 Å². The predicted octanol–water partition coefficient (Wildman–Crippen LogP) is 1.11. The first kappa shape index (κ1) is 12.0. The van der Waals surface area contributed by atoms with Gasteiger partial charge in [-0.1, -0.05) is 0 Å². The van der Waals surface area contributed by atoms with Gasteiger partial charge in [-0.3, -0.25) is 9.55 Å². The summed E-state index contributed by atoms with van der Waals surface area (Å²) in [4.78, 5) is 4.05. The highest BCUT2D eigenvalue weighted by Crippen LogP contribution is 2.20. The van der Waals surface area contributed by atoms with Crippen LogP contribution in [-0.4, -0.2) is 28.2 Å². The largest absolute Gasteiger partial charge is 0.300 e. The van der Waals surface area contributed by atoms with Crippen molar-refractivity contribution >= 4 is 19.7 Å². The first-order valence-electron chi connectivity index (χ1n) is 4.66. The van der Waals surface area contributed by atoms with Crippen LogP contribution in [0.1, 0.15) is 5.69 Å². The Labute approximate surface area is 103 Å². The molecule has 0 amide bonds. The molecule has 0 atom stereocenters. The van der Waals surface area contributed by atoms with Gasteiger partial charge in [0.15, 0.2) is 5.82 Å². The van der Waals surface area contributed by atoms with Crippen LogP contribution in [0, 0.1) is 6.92 Å². The summed E-state index contributed by atoms with van der Waals surface area (Å²) in [5.41, 5.74) is 1.54. The summed E-state index contributed by atoms with van der Waals surface area (Å²) in [6.45, 7) is 1.83. The van der Waals surface area contributed by atoms with E-state index in [-0.39, 0.29) is 5.16 Å². The third kappa shape index (κ3) is 2.29. The fourth-order valence-electron chi connectivity index (χ4n) is 1.46. The summed E-state index contributed by atoms with van der Waals surface area (Å²) in [5, 5.41) is 7.11. The van der Waals surface area contributed by atoms with Crippen LogP contribution < -0.4 is 0 Å². The van der Waals surface area contributed by atoms with Gasteiger partial charge in [-0.05, 0) is 19.1 Å². The van der Waals surface area contributed by atoms with Crippen molar-refractivity contribution < 1.29 is 8.42 Å². The first-order valence-corrected chi connectivity index (χ1v) is 6.97. The number of hydrogen-bond donors (Lipinski definition) is 0. The van der Waals surface area contributed by atoms with Gasteiger partial charge in [0, 0.05) is 35.2 Å². The maximum atomic E-state index is 11.2. The van der Waals surface area contributed by atoms with Crippen molar-refractivity contribution in [2.45, 2.75) is 12.1 Å². The van der Waals surface area contributed by atoms with Crippen molar-refractivity contribution in [1.29, 1.82) is 0 Å². The maximum Gasteiger partial charge on any atom is 0.296 e. The average Bonchev–Trinajstić information content (AvgIpc) is 2.59. The molecule has 0 radical (unpaired) electrons. The minimum Gasteiger partial charge on any atom is -0.300 e. The van der Waals surface area contributed by atoms with E-state index in [0.717, 1.165) is 11.3 Å². The Bertz CT molecular complexity index is 665. The van der Waals surface area contributed by atoms with E-state index in [4.69, 9.17) is 10.7 Å². The lowest BCUT2D eigenvalue weighted by atomic mass is 10.2. The summed E-state index contributed by atoms with van der Waals surface area (Å²) >= 11 is 0. The standard InChI is InChI=1S/C9H9ClN4O2S/c1-6-5-7(3-4-11-6)8-12-13-9(14(8)2)17(10,15)16/h3-5H,1-2H3. The van der Waals surface area contributed by atoms with Crippen molar-refractivity contribution in [3.05, 3.63) is 24.0 Å². The molecule has 8 heteroatoms. The monoisotopic (exact) mass is 272 g/mol. The number of rotatable bonds is 2. The number of pyridine rings is 1. The van der Waals surface area contributed by atoms with Crippen molar-refractivity contribution in [2.75, 3.05) is 0 Å². The molecule has 0 fully saturated rings. The number of nitrogens with zero attached hydrogens (tertiary/aromatic N) is 4. The van der Waals surface area contributed by atoms with E-state index in [2.05, 4.69) is 15.2 Å². The Morgan fingerprint density at radius 3 is 2.59 bits per heavy atom. The topological polar surface area (TPSA) is 77.7 Å². The molecule has 0 aliphatic carbocycles. The van der Waals surface area contributed by atoms with Crippen molar-refractivity contribution in [3.8, 4) is 11.4 Å². The van der Waals surface area contributed by atoms with Crippen molar-refractivity contribution in [3.63, 3.8) is 0 Å². The molecule has 17 heavy (non-hydrogen) atoms. The molecule has 2 heterocycles. The predicted molar refractivity (Wildman–Crippen MR) is 62.0 cm³/mol. The van der Waals surface area contributed by atoms with Gasteiger partial charge >= 0.3 is 0 Å². The molecule has 0 N–H and O–H groups in total. The fraction of sp³-hybridized carbons (Fsp3) is 0.222. The summed E-state index contributed by atoms with van der Waals surface area (Å²) in [6.07, 6.45) is 1.62. The Hall–Kier alpha value is -1.47. The molecule has 0 aromatic carbocycles. The second-order valence-electron chi connectivity index (χ2n) is 3.49. The molecular weight excluding hydrogens is 264 g/mol. The lowest BCUT2D eigenvalue weighted by Gasteiger charge is -2.02. The van der Waals surface area contributed by atoms with E-state index in [1.54, 1.807) is 25.4 Å². The second-order valence-corrected chi connectivity index (χ2v) is 5.95. The molecule has 0 saturated heterocycles. The summed E-state index contributed by atoms with van der Waals surface area (Å²) in [5.74, 6) is 0.426. The molecule has 90 valence electrons. The Morgan fingerprint density at radius 1 is 1.35 bits per heavy atom. The van der Waals surface area contributed by atoms with Crippen molar-refractivity contribution in [1.82, 2.24) is 19.7 Å². The summed E-state index contributed by atoms with van der Waals surface area (Å²) in [6, 6.07) is 3.51. The average molecular weight is 273 g/mol. The van der Waals surface area contributed by atoms with Gasteiger partial charge in [0.25, 0.3) is 14.2 Å². The molecule has 0 unspecified atom stereocenters. The molecular formula is C9H9ClN4O2S. The van der Waals surface area contributed by atoms with Crippen LogP contribution in [0.5, 0.6) is 0 Å². The Balaban J connectivity index is 2.60. The Kier molecular flexibility index (Phi) is 2.88. The molecule has 2 aromatic rings. The van der Waals surface area contributed by atoms with E-state index >= 15 is 0 Å².